The molecule has 18 heavy (non-hydrogen) atoms. The average molecular weight is 262 g/mol. The highest BCUT2D eigenvalue weighted by Gasteiger charge is 2.08. The number of benzene rings is 1. The van der Waals surface area contributed by atoms with Crippen LogP contribution in [0.2, 0.25) is 5.15 Å². The first-order valence-corrected chi connectivity index (χ1v) is 5.36. The third-order valence-electron chi connectivity index (χ3n) is 2.07. The van der Waals surface area contributed by atoms with E-state index in [1.54, 1.807) is 24.3 Å². The van der Waals surface area contributed by atoms with Crippen LogP contribution in [0.3, 0.4) is 0 Å². The maximum Gasteiger partial charge on any atom is 0.326 e. The minimum atomic E-state index is 0.0297. The molecule has 6 heteroatoms. The molecule has 5 nitrogen and oxygen atoms in total. The van der Waals surface area contributed by atoms with E-state index in [0.717, 1.165) is 0 Å². The number of aromatic nitrogens is 2. The van der Waals surface area contributed by atoms with E-state index >= 15 is 0 Å². The second kappa shape index (κ2) is 5.34. The predicted octanol–water partition coefficient (Wildman–Crippen LogP) is 2.80. The fourth-order valence-corrected chi connectivity index (χ4v) is 1.44. The molecule has 0 N–H and O–H groups in total. The minimum Gasteiger partial charge on any atom is -0.481 e. The number of nitrogens with zero attached hydrogens (tertiary/aromatic N) is 3. The van der Waals surface area contributed by atoms with Gasteiger partial charge in [-0.15, -0.1) is 0 Å². The maximum atomic E-state index is 8.93. The van der Waals surface area contributed by atoms with Crippen LogP contribution in [0, 0.1) is 11.3 Å². The van der Waals surface area contributed by atoms with Gasteiger partial charge in [0, 0.05) is 6.07 Å². The molecule has 0 amide bonds. The van der Waals surface area contributed by atoms with Crippen LogP contribution in [0.25, 0.3) is 0 Å². The normalized spacial score (nSPS) is 9.61. The van der Waals surface area contributed by atoms with Gasteiger partial charge in [0.15, 0.2) is 0 Å². The Labute approximate surface area is 109 Å². The van der Waals surface area contributed by atoms with Crippen LogP contribution in [0.15, 0.2) is 30.3 Å². The number of ether oxygens (including phenoxy) is 2. The van der Waals surface area contributed by atoms with Crippen molar-refractivity contribution >= 4 is 11.6 Å². The zero-order valence-corrected chi connectivity index (χ0v) is 10.2. The summed E-state index contributed by atoms with van der Waals surface area (Å²) in [6, 6.07) is 10.3. The molecule has 0 atom stereocenters. The van der Waals surface area contributed by atoms with Crippen LogP contribution in [0.5, 0.6) is 17.6 Å². The summed E-state index contributed by atoms with van der Waals surface area (Å²) in [6.45, 7) is 0. The Balaban J connectivity index is 2.34. The third kappa shape index (κ3) is 2.67. The Morgan fingerprint density at radius 1 is 1.28 bits per heavy atom. The molecule has 1 aromatic heterocycles. The Morgan fingerprint density at radius 3 is 2.78 bits per heavy atom. The van der Waals surface area contributed by atoms with E-state index in [9.17, 15) is 0 Å². The van der Waals surface area contributed by atoms with Crippen molar-refractivity contribution in [2.75, 3.05) is 7.11 Å². The first-order valence-electron chi connectivity index (χ1n) is 4.98. The molecule has 1 heterocycles. The minimum absolute atomic E-state index is 0.0297. The fraction of sp³-hybridized carbons (Fsp3) is 0.0833. The number of hydrogen-bond acceptors (Lipinski definition) is 5. The van der Waals surface area contributed by atoms with E-state index in [1.165, 1.54) is 13.2 Å². The Morgan fingerprint density at radius 2 is 2.06 bits per heavy atom. The molecule has 0 aliphatic carbocycles. The molecule has 0 spiro atoms. The second-order valence-electron chi connectivity index (χ2n) is 3.23. The van der Waals surface area contributed by atoms with Crippen molar-refractivity contribution in [3.05, 3.63) is 41.0 Å². The fourth-order valence-electron chi connectivity index (χ4n) is 1.27. The lowest BCUT2D eigenvalue weighted by Crippen LogP contribution is -1.96. The van der Waals surface area contributed by atoms with E-state index in [-0.39, 0.29) is 11.2 Å². The van der Waals surface area contributed by atoms with E-state index in [4.69, 9.17) is 26.3 Å². The highest BCUT2D eigenvalue weighted by molar-refractivity contribution is 6.29. The highest BCUT2D eigenvalue weighted by atomic mass is 35.5. The van der Waals surface area contributed by atoms with Crippen LogP contribution >= 0.6 is 11.6 Å². The second-order valence-corrected chi connectivity index (χ2v) is 3.61. The van der Waals surface area contributed by atoms with Gasteiger partial charge >= 0.3 is 6.01 Å². The maximum absolute atomic E-state index is 8.93. The van der Waals surface area contributed by atoms with Crippen molar-refractivity contribution in [1.82, 2.24) is 9.97 Å². The molecule has 0 bridgehead atoms. The van der Waals surface area contributed by atoms with E-state index < -0.39 is 0 Å². The van der Waals surface area contributed by atoms with E-state index in [2.05, 4.69) is 9.97 Å². The summed E-state index contributed by atoms with van der Waals surface area (Å²) in [5.41, 5.74) is 0.389. The summed E-state index contributed by atoms with van der Waals surface area (Å²) in [7, 11) is 1.46. The van der Waals surface area contributed by atoms with Gasteiger partial charge in [0.05, 0.1) is 12.7 Å². The molecule has 2 rings (SSSR count). The summed E-state index contributed by atoms with van der Waals surface area (Å²) in [4.78, 5) is 7.87. The third-order valence-corrected chi connectivity index (χ3v) is 2.26. The molecule has 1 aromatic carbocycles. The summed E-state index contributed by atoms with van der Waals surface area (Å²) < 4.78 is 10.4. The van der Waals surface area contributed by atoms with Gasteiger partial charge in [-0.2, -0.15) is 15.2 Å². The lowest BCUT2D eigenvalue weighted by Gasteiger charge is -2.06. The highest BCUT2D eigenvalue weighted by Crippen LogP contribution is 2.24. The van der Waals surface area contributed by atoms with Crippen molar-refractivity contribution < 1.29 is 9.47 Å². The molecule has 90 valence electrons. The van der Waals surface area contributed by atoms with Crippen molar-refractivity contribution in [3.63, 3.8) is 0 Å². The summed E-state index contributed by atoms with van der Waals surface area (Å²) in [5, 5.41) is 9.13. The van der Waals surface area contributed by atoms with Gasteiger partial charge in [0.1, 0.15) is 17.0 Å². The molecule has 0 aliphatic heterocycles. The molecular formula is C12H8ClN3O2. The van der Waals surface area contributed by atoms with Crippen LogP contribution in [0.1, 0.15) is 5.56 Å². The molecule has 0 saturated carbocycles. The SMILES string of the molecule is COc1cc(Cl)nc(Oc2ccccc2C#N)n1. The van der Waals surface area contributed by atoms with Crippen molar-refractivity contribution in [3.8, 4) is 23.7 Å². The first-order chi connectivity index (χ1) is 8.72. The number of methoxy groups -OCH3 is 1. The van der Waals surface area contributed by atoms with Crippen LogP contribution in [-0.2, 0) is 0 Å². The van der Waals surface area contributed by atoms with Gasteiger partial charge in [-0.25, -0.2) is 0 Å². The van der Waals surface area contributed by atoms with Crippen LogP contribution in [-0.4, -0.2) is 17.1 Å². The number of para-hydroxylation sites is 1. The first kappa shape index (κ1) is 12.1. The van der Waals surface area contributed by atoms with Crippen LogP contribution in [0.4, 0.5) is 0 Å². The Bertz CT molecular complexity index is 611. The zero-order chi connectivity index (χ0) is 13.0. The van der Waals surface area contributed by atoms with Crippen molar-refractivity contribution in [2.45, 2.75) is 0 Å². The molecule has 2 aromatic rings. The monoisotopic (exact) mass is 261 g/mol. The van der Waals surface area contributed by atoms with Gasteiger partial charge < -0.3 is 9.47 Å². The summed E-state index contributed by atoms with van der Waals surface area (Å²) in [5.74, 6) is 0.656. The number of halogens is 1. The lowest BCUT2D eigenvalue weighted by atomic mass is 10.2. The quantitative estimate of drug-likeness (QED) is 0.795. The number of nitriles is 1. The summed E-state index contributed by atoms with van der Waals surface area (Å²) in [6.07, 6.45) is 0. The molecule has 0 saturated heterocycles. The van der Waals surface area contributed by atoms with Crippen molar-refractivity contribution in [1.29, 1.82) is 5.26 Å². The Hall–Kier alpha value is -2.32. The number of hydrogen-bond donors (Lipinski definition) is 0. The lowest BCUT2D eigenvalue weighted by molar-refractivity contribution is 0.376. The standard InChI is InChI=1S/C12H8ClN3O2/c1-17-11-6-10(13)15-12(16-11)18-9-5-3-2-4-8(9)7-14/h2-6H,1H3. The van der Waals surface area contributed by atoms with Gasteiger partial charge in [-0.05, 0) is 12.1 Å². The topological polar surface area (TPSA) is 68.0 Å². The molecule has 0 unspecified atom stereocenters. The summed E-state index contributed by atoms with van der Waals surface area (Å²) >= 11 is 5.79. The van der Waals surface area contributed by atoms with E-state index in [1.807, 2.05) is 6.07 Å². The molecule has 0 aliphatic rings. The Kier molecular flexibility index (Phi) is 3.60. The average Bonchev–Trinajstić information content (AvgIpc) is 2.38. The molecule has 0 fully saturated rings. The molecule has 0 radical (unpaired) electrons. The number of rotatable bonds is 3. The van der Waals surface area contributed by atoms with Gasteiger partial charge in [-0.3, -0.25) is 0 Å². The molecular weight excluding hydrogens is 254 g/mol. The van der Waals surface area contributed by atoms with Crippen molar-refractivity contribution in [2.24, 2.45) is 0 Å². The smallest absolute Gasteiger partial charge is 0.326 e. The zero-order valence-electron chi connectivity index (χ0n) is 9.42. The van der Waals surface area contributed by atoms with Gasteiger partial charge in [0.2, 0.25) is 5.88 Å². The predicted molar refractivity (Wildman–Crippen MR) is 64.8 cm³/mol. The largest absolute Gasteiger partial charge is 0.481 e. The van der Waals surface area contributed by atoms with Gasteiger partial charge in [0.25, 0.3) is 0 Å². The van der Waals surface area contributed by atoms with Gasteiger partial charge in [-0.1, -0.05) is 23.7 Å². The van der Waals surface area contributed by atoms with E-state index in [0.29, 0.717) is 17.2 Å². The van der Waals surface area contributed by atoms with Crippen LogP contribution < -0.4 is 9.47 Å².